The minimum absolute atomic E-state index is 0.00413. The highest BCUT2D eigenvalue weighted by molar-refractivity contribution is 5.80. The molecule has 8 heterocycles. The number of ketones is 1. The molecule has 0 aromatic carbocycles. The summed E-state index contributed by atoms with van der Waals surface area (Å²) < 4.78 is 38.1. The Morgan fingerprint density at radius 1 is 0.614 bits per heavy atom. The summed E-state index contributed by atoms with van der Waals surface area (Å²) in [6.07, 6.45) is 5.17. The molecule has 0 aromatic rings. The molecule has 2 aliphatic carbocycles. The molecule has 0 N–H and O–H groups in total. The first-order chi connectivity index (χ1) is 21.0. The van der Waals surface area contributed by atoms with E-state index in [9.17, 15) is 4.79 Å². The lowest BCUT2D eigenvalue weighted by atomic mass is 9.58. The minimum Gasteiger partial charge on any atom is -0.344 e. The Balaban J connectivity index is 0.917. The Hall–Kier alpha value is -0.730. The summed E-state index contributed by atoms with van der Waals surface area (Å²) in [6, 6.07) is 0. The molecule has 16 atom stereocenters. The number of carbonyl (C=O) groups excluding carboxylic acids is 1. The van der Waals surface area contributed by atoms with Crippen molar-refractivity contribution in [3.63, 3.8) is 0 Å². The van der Waals surface area contributed by atoms with Crippen LogP contribution in [0.15, 0.2) is 0 Å². The first kappa shape index (κ1) is 30.6. The van der Waals surface area contributed by atoms with Crippen LogP contribution in [-0.2, 0) is 52.8 Å². The van der Waals surface area contributed by atoms with Gasteiger partial charge < -0.3 is 28.4 Å². The van der Waals surface area contributed by atoms with Gasteiger partial charge in [0.1, 0.15) is 13.2 Å². The van der Waals surface area contributed by atoms with E-state index in [2.05, 4.69) is 27.7 Å². The van der Waals surface area contributed by atoms with Crippen molar-refractivity contribution in [2.75, 3.05) is 13.2 Å². The van der Waals surface area contributed by atoms with Crippen molar-refractivity contribution in [1.82, 2.24) is 0 Å². The standard InChI is InChI=1S/C33H50O11/c1-17-7-9-24-19(3)26(37-28-32(24)22(17)11-13-30(5,39-28)41-43-32)35-15-21(34)16-36-27-20(4)25-10-8-18(2)23-12-14-31(6)40-29(38-27)33(23,25)44-42-31/h17-20,22-29H,7-16H2,1-6H3/t17-,18-,19-,20-,22?,23?,24?,25?,26+,27+,28-,29-,30+,31+,32-,33-/m1/s1. The third-order valence-corrected chi connectivity index (χ3v) is 13.0. The maximum absolute atomic E-state index is 13.2. The van der Waals surface area contributed by atoms with Crippen LogP contribution >= 0.6 is 0 Å². The van der Waals surface area contributed by atoms with Gasteiger partial charge >= 0.3 is 0 Å². The van der Waals surface area contributed by atoms with Gasteiger partial charge in [-0.05, 0) is 76.0 Å². The van der Waals surface area contributed by atoms with Crippen LogP contribution in [0.4, 0.5) is 0 Å². The van der Waals surface area contributed by atoms with Crippen LogP contribution in [0.3, 0.4) is 0 Å². The predicted octanol–water partition coefficient (Wildman–Crippen LogP) is 5.00. The monoisotopic (exact) mass is 622 g/mol. The van der Waals surface area contributed by atoms with Gasteiger partial charge in [-0.1, -0.05) is 27.7 Å². The maximum Gasteiger partial charge on any atom is 0.201 e. The van der Waals surface area contributed by atoms with Gasteiger partial charge in [-0.3, -0.25) is 4.79 Å². The van der Waals surface area contributed by atoms with E-state index in [0.717, 1.165) is 51.4 Å². The second-order valence-corrected chi connectivity index (χ2v) is 15.7. The second kappa shape index (κ2) is 10.6. The number of carbonyl (C=O) groups is 1. The van der Waals surface area contributed by atoms with Crippen LogP contribution in [0.2, 0.25) is 0 Å². The zero-order valence-corrected chi connectivity index (χ0v) is 27.0. The molecule has 0 amide bonds. The van der Waals surface area contributed by atoms with Gasteiger partial charge in [-0.15, -0.1) is 0 Å². The number of fused-ring (bicyclic) bond motifs is 4. The first-order valence-corrected chi connectivity index (χ1v) is 17.1. The Morgan fingerprint density at radius 2 is 1.05 bits per heavy atom. The molecule has 0 radical (unpaired) electrons. The zero-order chi connectivity index (χ0) is 30.6. The summed E-state index contributed by atoms with van der Waals surface area (Å²) in [4.78, 5) is 37.4. The number of ether oxygens (including phenoxy) is 6. The van der Waals surface area contributed by atoms with E-state index in [-0.39, 0.29) is 54.5 Å². The van der Waals surface area contributed by atoms with Crippen molar-refractivity contribution in [2.45, 2.75) is 141 Å². The largest absolute Gasteiger partial charge is 0.344 e. The average molecular weight is 623 g/mol. The Morgan fingerprint density at radius 3 is 1.48 bits per heavy atom. The highest BCUT2D eigenvalue weighted by atomic mass is 17.3. The van der Waals surface area contributed by atoms with Crippen LogP contribution in [0.25, 0.3) is 0 Å². The minimum atomic E-state index is -0.854. The van der Waals surface area contributed by atoms with E-state index < -0.39 is 47.9 Å². The quantitative estimate of drug-likeness (QED) is 0.373. The Kier molecular flexibility index (Phi) is 7.40. The molecule has 8 aliphatic heterocycles. The van der Waals surface area contributed by atoms with Crippen molar-refractivity contribution >= 4 is 5.78 Å². The molecule has 2 saturated carbocycles. The van der Waals surface area contributed by atoms with Crippen LogP contribution < -0.4 is 0 Å². The Labute approximate surface area is 260 Å². The summed E-state index contributed by atoms with van der Waals surface area (Å²) >= 11 is 0. The van der Waals surface area contributed by atoms with E-state index >= 15 is 0 Å². The van der Waals surface area contributed by atoms with E-state index in [0.29, 0.717) is 11.8 Å². The number of Topliss-reactive ketones (excluding diaryl/α,β-unsaturated/α-hetero) is 1. The molecule has 2 spiro atoms. The van der Waals surface area contributed by atoms with E-state index in [1.165, 1.54) is 0 Å². The molecule has 4 unspecified atom stereocenters. The molecular weight excluding hydrogens is 572 g/mol. The highest BCUT2D eigenvalue weighted by Crippen LogP contribution is 2.62. The van der Waals surface area contributed by atoms with Gasteiger partial charge in [0, 0.05) is 36.5 Å². The zero-order valence-electron chi connectivity index (χ0n) is 27.0. The van der Waals surface area contributed by atoms with Gasteiger partial charge in [0.15, 0.2) is 42.1 Å². The third-order valence-electron chi connectivity index (χ3n) is 13.0. The van der Waals surface area contributed by atoms with Crippen LogP contribution in [-0.4, -0.2) is 66.9 Å². The summed E-state index contributed by atoms with van der Waals surface area (Å²) in [7, 11) is 0. The lowest BCUT2D eigenvalue weighted by molar-refractivity contribution is -0.577. The smallest absolute Gasteiger partial charge is 0.201 e. The second-order valence-electron chi connectivity index (χ2n) is 15.7. The van der Waals surface area contributed by atoms with Crippen LogP contribution in [0, 0.1) is 47.3 Å². The van der Waals surface area contributed by atoms with Crippen molar-refractivity contribution in [3.8, 4) is 0 Å². The molecular formula is C33H50O11. The first-order valence-electron chi connectivity index (χ1n) is 17.1. The molecule has 11 heteroatoms. The maximum atomic E-state index is 13.2. The fraction of sp³-hybridized carbons (Fsp3) is 0.970. The number of hydrogen-bond acceptors (Lipinski definition) is 11. The SMILES string of the molecule is C[C@@H]1CCC2[C@@H](C)[C@@H](OCC(=O)CO[C@H]3O[C@@H]4O[C@]5(C)CCC6[C@H](C)CCC([C@H]3C)[C@]64OO5)O[C@@H]3O[C@]4(C)CCC1[C@@]23OO4. The lowest BCUT2D eigenvalue weighted by Gasteiger charge is -2.60. The lowest BCUT2D eigenvalue weighted by Crippen LogP contribution is -2.70. The van der Waals surface area contributed by atoms with Crippen LogP contribution in [0.1, 0.15) is 92.9 Å². The van der Waals surface area contributed by atoms with Gasteiger partial charge in [-0.2, -0.15) is 0 Å². The molecule has 248 valence electrons. The fourth-order valence-corrected chi connectivity index (χ4v) is 10.5. The van der Waals surface area contributed by atoms with Gasteiger partial charge in [0.25, 0.3) is 0 Å². The normalized spacial score (nSPS) is 57.6. The van der Waals surface area contributed by atoms with E-state index in [1.54, 1.807) is 0 Å². The van der Waals surface area contributed by atoms with Crippen molar-refractivity contribution < 1.29 is 52.8 Å². The van der Waals surface area contributed by atoms with Crippen LogP contribution in [0.5, 0.6) is 0 Å². The van der Waals surface area contributed by atoms with Crippen molar-refractivity contribution in [3.05, 3.63) is 0 Å². The molecule has 11 nitrogen and oxygen atoms in total. The number of hydrogen-bond donors (Lipinski definition) is 0. The number of rotatable bonds is 6. The van der Waals surface area contributed by atoms with E-state index in [1.807, 2.05) is 13.8 Å². The molecule has 10 fully saturated rings. The highest BCUT2D eigenvalue weighted by Gasteiger charge is 2.71. The van der Waals surface area contributed by atoms with Crippen molar-refractivity contribution in [2.24, 2.45) is 47.3 Å². The molecule has 10 rings (SSSR count). The Bertz CT molecular complexity index is 1050. The van der Waals surface area contributed by atoms with Gasteiger partial charge in [0.05, 0.1) is 0 Å². The summed E-state index contributed by atoms with van der Waals surface area (Å²) in [6.45, 7) is 12.4. The summed E-state index contributed by atoms with van der Waals surface area (Å²) in [5, 5.41) is 0. The summed E-state index contributed by atoms with van der Waals surface area (Å²) in [5.74, 6) is -0.0998. The molecule has 8 saturated heterocycles. The van der Waals surface area contributed by atoms with Crippen molar-refractivity contribution in [1.29, 1.82) is 0 Å². The molecule has 10 aliphatic rings. The fourth-order valence-electron chi connectivity index (χ4n) is 10.5. The predicted molar refractivity (Wildman–Crippen MR) is 151 cm³/mol. The van der Waals surface area contributed by atoms with E-state index in [4.69, 9.17) is 48.0 Å². The summed E-state index contributed by atoms with van der Waals surface area (Å²) in [5.41, 5.74) is -1.32. The third kappa shape index (κ3) is 4.40. The topological polar surface area (TPSA) is 109 Å². The van der Waals surface area contributed by atoms with Gasteiger partial charge in [-0.25, -0.2) is 19.6 Å². The molecule has 44 heavy (non-hydrogen) atoms. The van der Waals surface area contributed by atoms with Gasteiger partial charge in [0.2, 0.25) is 11.6 Å². The molecule has 0 aromatic heterocycles. The molecule has 4 bridgehead atoms. The average Bonchev–Trinajstić information content (AvgIpc) is 3.37.